The summed E-state index contributed by atoms with van der Waals surface area (Å²) < 4.78 is 0. The second-order valence-electron chi connectivity index (χ2n) is 9.71. The van der Waals surface area contributed by atoms with Gasteiger partial charge in [-0.3, -0.25) is 9.69 Å². The molecule has 4 heteroatoms. The van der Waals surface area contributed by atoms with E-state index in [1.165, 1.54) is 64.5 Å². The molecule has 1 atom stereocenters. The largest absolute Gasteiger partial charge is 0.351 e. The third kappa shape index (κ3) is 3.25. The lowest BCUT2D eigenvalue weighted by atomic mass is 9.54. The van der Waals surface area contributed by atoms with E-state index in [2.05, 4.69) is 15.1 Å². The fourth-order valence-electron chi connectivity index (χ4n) is 7.09. The zero-order chi connectivity index (χ0) is 16.8. The molecular formula is C21H35N3O. The Hall–Kier alpha value is -0.610. The van der Waals surface area contributed by atoms with E-state index in [0.717, 1.165) is 49.7 Å². The summed E-state index contributed by atoms with van der Waals surface area (Å²) in [5, 5.41) is 3.57. The van der Waals surface area contributed by atoms with E-state index in [4.69, 9.17) is 0 Å². The highest BCUT2D eigenvalue weighted by molar-refractivity contribution is 5.82. The van der Waals surface area contributed by atoms with Gasteiger partial charge in [0.05, 0.1) is 6.04 Å². The van der Waals surface area contributed by atoms with Crippen molar-refractivity contribution in [3.63, 3.8) is 0 Å². The molecule has 2 aliphatic heterocycles. The van der Waals surface area contributed by atoms with Crippen LogP contribution >= 0.6 is 0 Å². The van der Waals surface area contributed by atoms with Crippen LogP contribution in [0.25, 0.3) is 0 Å². The maximum absolute atomic E-state index is 13.1. The molecule has 25 heavy (non-hydrogen) atoms. The topological polar surface area (TPSA) is 35.6 Å². The van der Waals surface area contributed by atoms with Gasteiger partial charge in [-0.2, -0.15) is 0 Å². The Bertz CT molecular complexity index is 473. The lowest BCUT2D eigenvalue weighted by Gasteiger charge is -2.54. The van der Waals surface area contributed by atoms with Gasteiger partial charge in [0.15, 0.2) is 0 Å². The van der Waals surface area contributed by atoms with Crippen molar-refractivity contribution in [1.82, 2.24) is 15.1 Å². The van der Waals surface area contributed by atoms with Gasteiger partial charge in [0.25, 0.3) is 0 Å². The maximum atomic E-state index is 13.1. The Morgan fingerprint density at radius 1 is 0.840 bits per heavy atom. The van der Waals surface area contributed by atoms with E-state index >= 15 is 0 Å². The van der Waals surface area contributed by atoms with Crippen molar-refractivity contribution in [2.24, 2.45) is 23.7 Å². The number of amides is 1. The predicted molar refractivity (Wildman–Crippen MR) is 99.2 cm³/mol. The number of rotatable bonds is 5. The van der Waals surface area contributed by atoms with E-state index in [1.807, 2.05) is 0 Å². The molecule has 0 aromatic carbocycles. The summed E-state index contributed by atoms with van der Waals surface area (Å²) in [5.41, 5.74) is 0. The smallest absolute Gasteiger partial charge is 0.237 e. The highest BCUT2D eigenvalue weighted by Crippen LogP contribution is 2.53. The third-order valence-electron chi connectivity index (χ3n) is 8.10. The molecule has 1 N–H and O–H groups in total. The average molecular weight is 346 g/mol. The van der Waals surface area contributed by atoms with Gasteiger partial charge in [0.2, 0.25) is 5.91 Å². The van der Waals surface area contributed by atoms with Gasteiger partial charge >= 0.3 is 0 Å². The average Bonchev–Trinajstić information content (AvgIpc) is 3.26. The molecule has 0 aromatic rings. The molecule has 6 rings (SSSR count). The van der Waals surface area contributed by atoms with Crippen LogP contribution in [0, 0.1) is 23.7 Å². The fourth-order valence-corrected chi connectivity index (χ4v) is 7.09. The summed E-state index contributed by atoms with van der Waals surface area (Å²) in [6.07, 6.45) is 12.0. The quantitative estimate of drug-likeness (QED) is 0.831. The fraction of sp³-hybridized carbons (Fsp3) is 0.952. The van der Waals surface area contributed by atoms with Crippen molar-refractivity contribution in [2.45, 2.75) is 69.9 Å². The molecule has 2 saturated heterocycles. The number of carbonyl (C=O) groups excluding carboxylic acids is 1. The second kappa shape index (κ2) is 6.84. The van der Waals surface area contributed by atoms with Crippen molar-refractivity contribution in [3.05, 3.63) is 0 Å². The second-order valence-corrected chi connectivity index (χ2v) is 9.71. The summed E-state index contributed by atoms with van der Waals surface area (Å²) in [6, 6.07) is 0.654. The summed E-state index contributed by atoms with van der Waals surface area (Å²) in [6.45, 7) is 5.88. The number of nitrogens with zero attached hydrogens (tertiary/aromatic N) is 2. The Kier molecular flexibility index (Phi) is 4.53. The molecule has 0 aromatic heterocycles. The van der Waals surface area contributed by atoms with Gasteiger partial charge in [-0.15, -0.1) is 0 Å². The van der Waals surface area contributed by atoms with Crippen LogP contribution in [-0.4, -0.2) is 60.5 Å². The van der Waals surface area contributed by atoms with Crippen LogP contribution in [0.1, 0.15) is 57.8 Å². The zero-order valence-corrected chi connectivity index (χ0v) is 15.7. The maximum Gasteiger partial charge on any atom is 0.237 e. The molecular weight excluding hydrogens is 310 g/mol. The van der Waals surface area contributed by atoms with Crippen molar-refractivity contribution < 1.29 is 4.79 Å². The van der Waals surface area contributed by atoms with Crippen LogP contribution in [0.5, 0.6) is 0 Å². The van der Waals surface area contributed by atoms with Crippen molar-refractivity contribution >= 4 is 5.91 Å². The highest BCUT2D eigenvalue weighted by Gasteiger charge is 2.49. The Morgan fingerprint density at radius 3 is 2.20 bits per heavy atom. The molecule has 4 saturated carbocycles. The number of hydrogen-bond acceptors (Lipinski definition) is 3. The van der Waals surface area contributed by atoms with E-state index in [0.29, 0.717) is 11.9 Å². The molecule has 0 radical (unpaired) electrons. The van der Waals surface area contributed by atoms with Crippen LogP contribution < -0.4 is 5.32 Å². The Morgan fingerprint density at radius 2 is 1.52 bits per heavy atom. The minimum Gasteiger partial charge on any atom is -0.351 e. The molecule has 2 heterocycles. The first-order chi connectivity index (χ1) is 12.3. The van der Waals surface area contributed by atoms with Crippen LogP contribution in [-0.2, 0) is 4.79 Å². The minimum atomic E-state index is 0.153. The monoisotopic (exact) mass is 345 g/mol. The zero-order valence-electron chi connectivity index (χ0n) is 15.7. The first-order valence-electron chi connectivity index (χ1n) is 11.0. The Balaban J connectivity index is 1.17. The lowest BCUT2D eigenvalue weighted by molar-refractivity contribution is -0.129. The van der Waals surface area contributed by atoms with Crippen molar-refractivity contribution in [1.29, 1.82) is 0 Å². The van der Waals surface area contributed by atoms with Gasteiger partial charge in [-0.25, -0.2) is 0 Å². The standard InChI is InChI=1S/C21H35N3O/c25-21(19-4-3-7-24(19)9-8-23-5-1-2-6-23)22-20-17-11-15-10-16(13-17)14-18(20)12-15/h15-20H,1-14H2,(H,22,25)/t15?,16?,17?,18?,19-,20?/m0/s1. The molecule has 4 nitrogen and oxygen atoms in total. The molecule has 0 spiro atoms. The van der Waals surface area contributed by atoms with Crippen LogP contribution in [0.4, 0.5) is 0 Å². The van der Waals surface area contributed by atoms with E-state index in [-0.39, 0.29) is 6.04 Å². The van der Waals surface area contributed by atoms with Crippen LogP contribution in [0.2, 0.25) is 0 Å². The van der Waals surface area contributed by atoms with Gasteiger partial charge in [-0.1, -0.05) is 0 Å². The van der Waals surface area contributed by atoms with Gasteiger partial charge in [0, 0.05) is 19.1 Å². The third-order valence-corrected chi connectivity index (χ3v) is 8.10. The van der Waals surface area contributed by atoms with E-state index in [9.17, 15) is 4.79 Å². The normalized spacial score (nSPS) is 43.8. The molecule has 1 amide bonds. The van der Waals surface area contributed by atoms with E-state index in [1.54, 1.807) is 0 Å². The molecule has 0 unspecified atom stereocenters. The molecule has 6 fully saturated rings. The summed E-state index contributed by atoms with van der Waals surface area (Å²) in [4.78, 5) is 18.1. The first-order valence-corrected chi connectivity index (χ1v) is 11.0. The van der Waals surface area contributed by atoms with Crippen molar-refractivity contribution in [3.8, 4) is 0 Å². The number of carbonyl (C=O) groups is 1. The SMILES string of the molecule is O=C(NC1C2CC3CC(C2)CC1C3)[C@@H]1CCCN1CCN1CCCC1. The van der Waals surface area contributed by atoms with Crippen LogP contribution in [0.3, 0.4) is 0 Å². The molecule has 6 aliphatic rings. The first kappa shape index (κ1) is 16.6. The molecule has 4 bridgehead atoms. The number of hydrogen-bond donors (Lipinski definition) is 1. The van der Waals surface area contributed by atoms with Crippen molar-refractivity contribution in [2.75, 3.05) is 32.7 Å². The van der Waals surface area contributed by atoms with Gasteiger partial charge in [-0.05, 0) is 101 Å². The summed E-state index contributed by atoms with van der Waals surface area (Å²) in [5.74, 6) is 3.91. The molecule has 140 valence electrons. The van der Waals surface area contributed by atoms with E-state index < -0.39 is 0 Å². The minimum absolute atomic E-state index is 0.153. The van der Waals surface area contributed by atoms with Crippen LogP contribution in [0.15, 0.2) is 0 Å². The van der Waals surface area contributed by atoms with Gasteiger partial charge in [0.1, 0.15) is 0 Å². The Labute approximate surface area is 152 Å². The summed E-state index contributed by atoms with van der Waals surface area (Å²) in [7, 11) is 0. The lowest BCUT2D eigenvalue weighted by Crippen LogP contribution is -2.58. The summed E-state index contributed by atoms with van der Waals surface area (Å²) >= 11 is 0. The van der Waals surface area contributed by atoms with Gasteiger partial charge < -0.3 is 10.2 Å². The number of nitrogens with one attached hydrogen (secondary N) is 1. The number of likely N-dealkylation sites (tertiary alicyclic amines) is 2. The molecule has 4 aliphatic carbocycles. The highest BCUT2D eigenvalue weighted by atomic mass is 16.2. The predicted octanol–water partition coefficient (Wildman–Crippen LogP) is 2.49.